The average molecular weight is 362 g/mol. The van der Waals surface area contributed by atoms with Crippen LogP contribution in [0.3, 0.4) is 0 Å². The number of methoxy groups -OCH3 is 1. The number of aryl methyl sites for hydroxylation is 1. The maximum absolute atomic E-state index is 12.4. The molecule has 2 fully saturated rings. The van der Waals surface area contributed by atoms with Gasteiger partial charge in [-0.1, -0.05) is 6.07 Å². The number of carbonyl (C=O) groups excluding carboxylic acids is 2. The molecule has 0 saturated carbocycles. The number of benzene rings is 1. The highest BCUT2D eigenvalue weighted by Crippen LogP contribution is 2.32. The molecule has 1 aromatic rings. The van der Waals surface area contributed by atoms with E-state index in [1.165, 1.54) is 10.6 Å². The van der Waals surface area contributed by atoms with Crippen molar-refractivity contribution in [2.45, 2.75) is 6.92 Å². The van der Waals surface area contributed by atoms with Gasteiger partial charge >= 0.3 is 0 Å². The third kappa shape index (κ3) is 4.05. The number of rotatable bonds is 5. The van der Waals surface area contributed by atoms with Crippen molar-refractivity contribution in [1.82, 2.24) is 4.90 Å². The van der Waals surface area contributed by atoms with E-state index in [0.29, 0.717) is 11.5 Å². The summed E-state index contributed by atoms with van der Waals surface area (Å²) in [6, 6.07) is 6.11. The van der Waals surface area contributed by atoms with E-state index in [-0.39, 0.29) is 17.7 Å². The monoisotopic (exact) mass is 362 g/mol. The van der Waals surface area contributed by atoms with Gasteiger partial charge in [-0.15, -0.1) is 0 Å². The maximum atomic E-state index is 12.4. The lowest BCUT2D eigenvalue weighted by Crippen LogP contribution is -2.36. The van der Waals surface area contributed by atoms with Crippen LogP contribution in [0.4, 0.5) is 10.5 Å². The zero-order chi connectivity index (χ0) is 17.8. The van der Waals surface area contributed by atoms with Gasteiger partial charge in [0.1, 0.15) is 0 Å². The first-order valence-electron chi connectivity index (χ1n) is 8.28. The molecule has 1 aromatic carbocycles. The number of thioether (sulfide) groups is 1. The molecular weight excluding hydrogens is 340 g/mol. The molecule has 0 spiro atoms. The molecular formula is C18H22N2O4S. The minimum Gasteiger partial charge on any atom is -0.383 e. The fourth-order valence-corrected chi connectivity index (χ4v) is 3.82. The minimum atomic E-state index is -0.248. The summed E-state index contributed by atoms with van der Waals surface area (Å²) < 4.78 is 10.3. The number of amides is 2. The summed E-state index contributed by atoms with van der Waals surface area (Å²) in [7, 11) is 1.55. The van der Waals surface area contributed by atoms with E-state index in [0.717, 1.165) is 49.2 Å². The van der Waals surface area contributed by atoms with E-state index in [2.05, 4.69) is 17.9 Å². The third-order valence-corrected chi connectivity index (χ3v) is 5.17. The molecule has 25 heavy (non-hydrogen) atoms. The van der Waals surface area contributed by atoms with Gasteiger partial charge in [-0.25, -0.2) is 0 Å². The molecule has 2 saturated heterocycles. The van der Waals surface area contributed by atoms with Crippen LogP contribution in [0.25, 0.3) is 6.08 Å². The van der Waals surface area contributed by atoms with Crippen molar-refractivity contribution in [1.29, 1.82) is 0 Å². The van der Waals surface area contributed by atoms with Crippen LogP contribution in [0.1, 0.15) is 11.1 Å². The van der Waals surface area contributed by atoms with Crippen LogP contribution in [0.15, 0.2) is 23.1 Å². The molecule has 6 nitrogen and oxygen atoms in total. The summed E-state index contributed by atoms with van der Waals surface area (Å²) in [5.41, 5.74) is 3.26. The van der Waals surface area contributed by atoms with Crippen molar-refractivity contribution in [2.75, 3.05) is 51.5 Å². The van der Waals surface area contributed by atoms with Crippen molar-refractivity contribution in [3.05, 3.63) is 34.2 Å². The molecule has 0 N–H and O–H groups in total. The Labute approximate surface area is 151 Å². The second kappa shape index (κ2) is 8.03. The number of anilines is 1. The smallest absolute Gasteiger partial charge is 0.293 e. The van der Waals surface area contributed by atoms with Crippen molar-refractivity contribution in [2.24, 2.45) is 0 Å². The predicted octanol–water partition coefficient (Wildman–Crippen LogP) is 2.51. The topological polar surface area (TPSA) is 59.1 Å². The molecule has 0 atom stereocenters. The van der Waals surface area contributed by atoms with Gasteiger partial charge in [0.25, 0.3) is 11.1 Å². The van der Waals surface area contributed by atoms with Gasteiger partial charge in [0.15, 0.2) is 0 Å². The molecule has 7 heteroatoms. The minimum absolute atomic E-state index is 0.241. The highest BCUT2D eigenvalue weighted by Gasteiger charge is 2.34. The fourth-order valence-electron chi connectivity index (χ4n) is 2.95. The molecule has 2 amide bonds. The first-order valence-corrected chi connectivity index (χ1v) is 9.09. The predicted molar refractivity (Wildman–Crippen MR) is 98.8 cm³/mol. The molecule has 134 valence electrons. The third-order valence-electron chi connectivity index (χ3n) is 4.26. The van der Waals surface area contributed by atoms with E-state index >= 15 is 0 Å². The number of morpholine rings is 1. The SMILES string of the molecule is COCCN1C(=O)S/C(=C/c2ccc(N3CCOCC3)c(C)c2)C1=O. The van der Waals surface area contributed by atoms with Crippen LogP contribution < -0.4 is 4.90 Å². The second-order valence-electron chi connectivity index (χ2n) is 5.97. The summed E-state index contributed by atoms with van der Waals surface area (Å²) in [6.45, 7) is 5.96. The molecule has 3 rings (SSSR count). The van der Waals surface area contributed by atoms with Crippen LogP contribution in [0.2, 0.25) is 0 Å². The highest BCUT2D eigenvalue weighted by atomic mass is 32.2. The van der Waals surface area contributed by atoms with E-state index in [9.17, 15) is 9.59 Å². The van der Waals surface area contributed by atoms with Crippen molar-refractivity contribution in [3.8, 4) is 0 Å². The highest BCUT2D eigenvalue weighted by molar-refractivity contribution is 8.18. The first kappa shape index (κ1) is 18.0. The lowest BCUT2D eigenvalue weighted by atomic mass is 10.1. The second-order valence-corrected chi connectivity index (χ2v) is 6.96. The fraction of sp³-hybridized carbons (Fsp3) is 0.444. The van der Waals surface area contributed by atoms with Gasteiger partial charge in [-0.3, -0.25) is 14.5 Å². The van der Waals surface area contributed by atoms with Gasteiger partial charge in [0.2, 0.25) is 0 Å². The molecule has 2 aliphatic rings. The molecule has 0 aromatic heterocycles. The number of imide groups is 1. The Morgan fingerprint density at radius 1 is 1.28 bits per heavy atom. The van der Waals surface area contributed by atoms with Gasteiger partial charge < -0.3 is 14.4 Å². The zero-order valence-electron chi connectivity index (χ0n) is 14.5. The number of carbonyl (C=O) groups is 2. The van der Waals surface area contributed by atoms with Crippen molar-refractivity contribution in [3.63, 3.8) is 0 Å². The summed E-state index contributed by atoms with van der Waals surface area (Å²) in [4.78, 5) is 28.3. The Morgan fingerprint density at radius 2 is 2.04 bits per heavy atom. The Hall–Kier alpha value is -1.83. The van der Waals surface area contributed by atoms with E-state index in [1.807, 2.05) is 12.1 Å². The molecule has 2 heterocycles. The van der Waals surface area contributed by atoms with Gasteiger partial charge in [0, 0.05) is 25.9 Å². The summed E-state index contributed by atoms with van der Waals surface area (Å²) in [5, 5.41) is -0.241. The largest absolute Gasteiger partial charge is 0.383 e. The zero-order valence-corrected chi connectivity index (χ0v) is 15.3. The lowest BCUT2D eigenvalue weighted by molar-refractivity contribution is -0.123. The molecule has 0 aliphatic carbocycles. The van der Waals surface area contributed by atoms with E-state index in [4.69, 9.17) is 9.47 Å². The summed E-state index contributed by atoms with van der Waals surface area (Å²) >= 11 is 0.981. The van der Waals surface area contributed by atoms with Crippen LogP contribution in [0.5, 0.6) is 0 Å². The Morgan fingerprint density at radius 3 is 2.72 bits per heavy atom. The standard InChI is InChI=1S/C18H22N2O4S/c1-13-11-14(3-4-15(13)19-5-9-24-10-6-19)12-16-17(21)20(7-8-23-2)18(22)25-16/h3-4,11-12H,5-10H2,1-2H3/b16-12+. The van der Waals surface area contributed by atoms with Crippen LogP contribution in [0, 0.1) is 6.92 Å². The van der Waals surface area contributed by atoms with E-state index in [1.54, 1.807) is 13.2 Å². The van der Waals surface area contributed by atoms with Crippen molar-refractivity contribution < 1.29 is 19.1 Å². The molecule has 0 bridgehead atoms. The first-order chi connectivity index (χ1) is 12.1. The van der Waals surface area contributed by atoms with Crippen LogP contribution >= 0.6 is 11.8 Å². The molecule has 0 unspecified atom stereocenters. The molecule has 2 aliphatic heterocycles. The average Bonchev–Trinajstić information content (AvgIpc) is 2.87. The number of nitrogens with zero attached hydrogens (tertiary/aromatic N) is 2. The maximum Gasteiger partial charge on any atom is 0.293 e. The quantitative estimate of drug-likeness (QED) is 0.750. The summed E-state index contributed by atoms with van der Waals surface area (Å²) in [6.07, 6.45) is 1.79. The summed E-state index contributed by atoms with van der Waals surface area (Å²) in [5.74, 6) is -0.248. The Balaban J connectivity index is 1.76. The number of hydrogen-bond donors (Lipinski definition) is 0. The van der Waals surface area contributed by atoms with Crippen molar-refractivity contribution >= 4 is 34.7 Å². The van der Waals surface area contributed by atoms with Gasteiger partial charge in [-0.05, 0) is 48.0 Å². The lowest BCUT2D eigenvalue weighted by Gasteiger charge is -2.30. The normalized spacial score (nSPS) is 20.0. The number of hydrogen-bond acceptors (Lipinski definition) is 6. The van der Waals surface area contributed by atoms with Crippen LogP contribution in [-0.2, 0) is 14.3 Å². The molecule has 0 radical (unpaired) electrons. The van der Waals surface area contributed by atoms with E-state index < -0.39 is 0 Å². The van der Waals surface area contributed by atoms with Gasteiger partial charge in [0.05, 0.1) is 31.3 Å². The van der Waals surface area contributed by atoms with Crippen LogP contribution in [-0.4, -0.2) is 62.6 Å². The van der Waals surface area contributed by atoms with Gasteiger partial charge in [-0.2, -0.15) is 0 Å². The Kier molecular flexibility index (Phi) is 5.78. The number of ether oxygens (including phenoxy) is 2. The Bertz CT molecular complexity index is 698.